The van der Waals surface area contributed by atoms with E-state index in [0.717, 1.165) is 38.7 Å². The Kier molecular flexibility index (Phi) is 4.22. The number of ether oxygens (including phenoxy) is 2. The molecule has 1 aliphatic heterocycles. The molecule has 0 bridgehead atoms. The quantitative estimate of drug-likeness (QED) is 0.889. The van der Waals surface area contributed by atoms with Gasteiger partial charge in [0.25, 0.3) is 0 Å². The third kappa shape index (κ3) is 2.70. The van der Waals surface area contributed by atoms with Crippen molar-refractivity contribution in [1.29, 1.82) is 0 Å². The predicted molar refractivity (Wildman–Crippen MR) is 91.0 cm³/mol. The summed E-state index contributed by atoms with van der Waals surface area (Å²) in [5, 5.41) is 6.27. The maximum absolute atomic E-state index is 12.4. The summed E-state index contributed by atoms with van der Waals surface area (Å²) in [6.45, 7) is 3.46. The molecular formula is C19H26N2O3. The Balaban J connectivity index is 1.32. The van der Waals surface area contributed by atoms with E-state index < -0.39 is 0 Å². The zero-order chi connectivity index (χ0) is 16.6. The van der Waals surface area contributed by atoms with Crippen LogP contribution < -0.4 is 10.6 Å². The molecule has 3 aliphatic rings. The van der Waals surface area contributed by atoms with Crippen molar-refractivity contribution in [1.82, 2.24) is 10.6 Å². The average Bonchev–Trinajstić information content (AvgIpc) is 3.22. The smallest absolute Gasteiger partial charge is 0.315 e. The summed E-state index contributed by atoms with van der Waals surface area (Å²) in [5.74, 6) is 0. The number of nitrogens with one attached hydrogen (secondary N) is 2. The number of urea groups is 1. The molecule has 130 valence electrons. The third-order valence-corrected chi connectivity index (χ3v) is 5.73. The van der Waals surface area contributed by atoms with E-state index in [9.17, 15) is 4.79 Å². The van der Waals surface area contributed by atoms with Crippen molar-refractivity contribution < 1.29 is 14.3 Å². The third-order valence-electron chi connectivity index (χ3n) is 5.73. The Hall–Kier alpha value is -1.59. The van der Waals surface area contributed by atoms with Gasteiger partial charge in [0.1, 0.15) is 5.60 Å². The van der Waals surface area contributed by atoms with Crippen LogP contribution in [0, 0.1) is 0 Å². The van der Waals surface area contributed by atoms with Gasteiger partial charge in [-0.05, 0) is 50.2 Å². The molecule has 0 aromatic heterocycles. The lowest BCUT2D eigenvalue weighted by molar-refractivity contribution is -0.194. The molecule has 2 N–H and O–H groups in total. The molecule has 3 unspecified atom stereocenters. The number of amides is 2. The van der Waals surface area contributed by atoms with Crippen LogP contribution in [0.4, 0.5) is 4.79 Å². The van der Waals surface area contributed by atoms with Crippen LogP contribution in [0.1, 0.15) is 37.3 Å². The van der Waals surface area contributed by atoms with E-state index in [2.05, 4.69) is 34.9 Å². The highest BCUT2D eigenvalue weighted by Crippen LogP contribution is 2.45. The lowest BCUT2D eigenvalue weighted by atomic mass is 9.70. The molecule has 4 rings (SSSR count). The summed E-state index contributed by atoms with van der Waals surface area (Å²) in [6, 6.07) is 8.58. The van der Waals surface area contributed by atoms with Crippen LogP contribution in [0.15, 0.2) is 24.3 Å². The summed E-state index contributed by atoms with van der Waals surface area (Å²) in [5.41, 5.74) is 2.39. The first-order valence-corrected chi connectivity index (χ1v) is 9.10. The van der Waals surface area contributed by atoms with Crippen LogP contribution in [-0.2, 0) is 22.3 Å². The van der Waals surface area contributed by atoms with Gasteiger partial charge in [-0.1, -0.05) is 24.3 Å². The van der Waals surface area contributed by atoms with Crippen LogP contribution >= 0.6 is 0 Å². The zero-order valence-corrected chi connectivity index (χ0v) is 14.2. The number of hydrogen-bond donors (Lipinski definition) is 2. The molecule has 5 nitrogen and oxygen atoms in total. The molecule has 2 amide bonds. The second kappa shape index (κ2) is 6.37. The zero-order valence-electron chi connectivity index (χ0n) is 14.2. The largest absolute Gasteiger partial charge is 0.375 e. The standard InChI is InChI=1S/C19H26N2O3/c1-2-23-17-12-16(19(17)8-5-9-24-19)21-18(22)20-15-10-13-6-3-4-7-14(13)11-15/h3-4,6-7,15-17H,2,5,8-12H2,1H3,(H2,20,21,22). The molecule has 0 radical (unpaired) electrons. The minimum atomic E-state index is -0.300. The normalized spacial score (nSPS) is 31.7. The van der Waals surface area contributed by atoms with Crippen LogP contribution in [-0.4, -0.2) is 43.0 Å². The Labute approximate surface area is 143 Å². The van der Waals surface area contributed by atoms with Crippen LogP contribution in [0.2, 0.25) is 0 Å². The molecule has 1 heterocycles. The SMILES string of the molecule is CCOC1CC(NC(=O)NC2Cc3ccccc3C2)C12CCCO2. The first kappa shape index (κ1) is 15.9. The molecule has 3 atom stereocenters. The van der Waals surface area contributed by atoms with Crippen molar-refractivity contribution in [3.63, 3.8) is 0 Å². The number of rotatable bonds is 4. The molecule has 1 saturated carbocycles. The molecule has 1 spiro atoms. The molecule has 1 saturated heterocycles. The van der Waals surface area contributed by atoms with Crippen molar-refractivity contribution in [3.05, 3.63) is 35.4 Å². The Morgan fingerprint density at radius 3 is 2.67 bits per heavy atom. The number of benzene rings is 1. The van der Waals surface area contributed by atoms with Gasteiger partial charge < -0.3 is 20.1 Å². The van der Waals surface area contributed by atoms with Gasteiger partial charge >= 0.3 is 6.03 Å². The Morgan fingerprint density at radius 2 is 2.04 bits per heavy atom. The van der Waals surface area contributed by atoms with Gasteiger partial charge in [0.15, 0.2) is 0 Å². The average molecular weight is 330 g/mol. The molecule has 1 aromatic rings. The number of hydrogen-bond acceptors (Lipinski definition) is 3. The molecular weight excluding hydrogens is 304 g/mol. The van der Waals surface area contributed by atoms with E-state index >= 15 is 0 Å². The summed E-state index contributed by atoms with van der Waals surface area (Å²) in [7, 11) is 0. The highest BCUT2D eigenvalue weighted by Gasteiger charge is 2.59. The van der Waals surface area contributed by atoms with Crippen molar-refractivity contribution in [3.8, 4) is 0 Å². The monoisotopic (exact) mass is 330 g/mol. The lowest BCUT2D eigenvalue weighted by Gasteiger charge is -2.52. The molecule has 1 aromatic carbocycles. The van der Waals surface area contributed by atoms with Crippen LogP contribution in [0.5, 0.6) is 0 Å². The fraction of sp³-hybridized carbons (Fsp3) is 0.632. The summed E-state index contributed by atoms with van der Waals surface area (Å²) < 4.78 is 11.8. The van der Waals surface area contributed by atoms with E-state index in [0.29, 0.717) is 6.61 Å². The minimum absolute atomic E-state index is 0.0559. The van der Waals surface area contributed by atoms with Crippen molar-refractivity contribution >= 4 is 6.03 Å². The molecule has 2 aliphatic carbocycles. The summed E-state index contributed by atoms with van der Waals surface area (Å²) in [6.07, 6.45) is 4.80. The highest BCUT2D eigenvalue weighted by atomic mass is 16.6. The summed E-state index contributed by atoms with van der Waals surface area (Å²) >= 11 is 0. The maximum Gasteiger partial charge on any atom is 0.315 e. The first-order valence-electron chi connectivity index (χ1n) is 9.10. The van der Waals surface area contributed by atoms with E-state index in [1.165, 1.54) is 11.1 Å². The van der Waals surface area contributed by atoms with Crippen molar-refractivity contribution in [2.75, 3.05) is 13.2 Å². The van der Waals surface area contributed by atoms with E-state index in [1.54, 1.807) is 0 Å². The van der Waals surface area contributed by atoms with E-state index in [4.69, 9.17) is 9.47 Å². The predicted octanol–water partition coefficient (Wildman–Crippen LogP) is 2.18. The fourth-order valence-corrected chi connectivity index (χ4v) is 4.53. The number of carbonyl (C=O) groups excluding carboxylic acids is 1. The first-order chi connectivity index (χ1) is 11.7. The lowest BCUT2D eigenvalue weighted by Crippen LogP contribution is -2.70. The Morgan fingerprint density at radius 1 is 1.29 bits per heavy atom. The fourth-order valence-electron chi connectivity index (χ4n) is 4.53. The van der Waals surface area contributed by atoms with Gasteiger partial charge in [-0.3, -0.25) is 0 Å². The van der Waals surface area contributed by atoms with Crippen LogP contribution in [0.25, 0.3) is 0 Å². The van der Waals surface area contributed by atoms with Gasteiger partial charge in [0, 0.05) is 19.3 Å². The highest BCUT2D eigenvalue weighted by molar-refractivity contribution is 5.75. The molecule has 5 heteroatoms. The second-order valence-corrected chi connectivity index (χ2v) is 7.13. The van der Waals surface area contributed by atoms with Gasteiger partial charge in [0.2, 0.25) is 0 Å². The van der Waals surface area contributed by atoms with Gasteiger partial charge in [-0.15, -0.1) is 0 Å². The Bertz CT molecular complexity index is 587. The summed E-state index contributed by atoms with van der Waals surface area (Å²) in [4.78, 5) is 12.4. The van der Waals surface area contributed by atoms with Gasteiger partial charge in [-0.2, -0.15) is 0 Å². The van der Waals surface area contributed by atoms with Crippen molar-refractivity contribution in [2.24, 2.45) is 0 Å². The number of fused-ring (bicyclic) bond motifs is 1. The molecule has 24 heavy (non-hydrogen) atoms. The minimum Gasteiger partial charge on any atom is -0.375 e. The molecule has 2 fully saturated rings. The van der Waals surface area contributed by atoms with Gasteiger partial charge in [-0.25, -0.2) is 4.79 Å². The number of carbonyl (C=O) groups is 1. The van der Waals surface area contributed by atoms with E-state index in [-0.39, 0.29) is 29.8 Å². The second-order valence-electron chi connectivity index (χ2n) is 7.13. The van der Waals surface area contributed by atoms with Gasteiger partial charge in [0.05, 0.1) is 12.1 Å². The maximum atomic E-state index is 12.4. The van der Waals surface area contributed by atoms with E-state index in [1.807, 2.05) is 6.92 Å². The van der Waals surface area contributed by atoms with Crippen molar-refractivity contribution in [2.45, 2.75) is 62.8 Å². The van der Waals surface area contributed by atoms with Crippen LogP contribution in [0.3, 0.4) is 0 Å². The topological polar surface area (TPSA) is 59.6 Å².